The van der Waals surface area contributed by atoms with Crippen molar-refractivity contribution in [2.45, 2.75) is 13.8 Å². The summed E-state index contributed by atoms with van der Waals surface area (Å²) in [7, 11) is 0. The fourth-order valence-electron chi connectivity index (χ4n) is 1.11. The molecule has 0 saturated heterocycles. The first-order chi connectivity index (χ1) is 7.41. The van der Waals surface area contributed by atoms with Crippen LogP contribution in [0.3, 0.4) is 0 Å². The second kappa shape index (κ2) is 5.03. The first-order valence-corrected chi connectivity index (χ1v) is 5.23. The number of nitrogens with two attached hydrogens (primary N) is 1. The van der Waals surface area contributed by atoms with Crippen molar-refractivity contribution in [3.05, 3.63) is 29.6 Å². The Morgan fingerprint density at radius 1 is 1.50 bits per heavy atom. The number of hydrogen-bond donors (Lipinski definition) is 2. The molecule has 5 heteroatoms. The molecule has 1 rings (SSSR count). The normalized spacial score (nSPS) is 10.2. The zero-order valence-electron chi connectivity index (χ0n) is 9.08. The van der Waals surface area contributed by atoms with Gasteiger partial charge in [-0.05, 0) is 18.2 Å². The average Bonchev–Trinajstić information content (AvgIpc) is 2.20. The number of carbonyl (C=O) groups excluding carboxylic acids is 1. The standard InChI is InChI=1S/C11H13FN2OS/c1-6(2)11(15)14-9-4-3-7(12)5-8(9)10(13)16/h3-6H,1-2H3,(H2,13,16)(H,14,15). The van der Waals surface area contributed by atoms with Crippen LogP contribution in [0.4, 0.5) is 10.1 Å². The fourth-order valence-corrected chi connectivity index (χ4v) is 1.28. The summed E-state index contributed by atoms with van der Waals surface area (Å²) in [5.41, 5.74) is 6.22. The third-order valence-corrected chi connectivity index (χ3v) is 2.25. The Morgan fingerprint density at radius 2 is 2.12 bits per heavy atom. The topological polar surface area (TPSA) is 55.1 Å². The van der Waals surface area contributed by atoms with Gasteiger partial charge in [-0.3, -0.25) is 4.79 Å². The molecule has 0 radical (unpaired) electrons. The molecule has 0 spiro atoms. The summed E-state index contributed by atoms with van der Waals surface area (Å²) >= 11 is 4.79. The minimum absolute atomic E-state index is 0.0542. The molecular weight excluding hydrogens is 227 g/mol. The van der Waals surface area contributed by atoms with Crippen molar-refractivity contribution in [3.8, 4) is 0 Å². The van der Waals surface area contributed by atoms with Crippen molar-refractivity contribution in [2.24, 2.45) is 11.7 Å². The van der Waals surface area contributed by atoms with E-state index < -0.39 is 5.82 Å². The lowest BCUT2D eigenvalue weighted by molar-refractivity contribution is -0.118. The maximum Gasteiger partial charge on any atom is 0.226 e. The van der Waals surface area contributed by atoms with Gasteiger partial charge >= 0.3 is 0 Å². The maximum absolute atomic E-state index is 13.0. The number of halogens is 1. The Labute approximate surface area is 98.8 Å². The lowest BCUT2D eigenvalue weighted by atomic mass is 10.1. The first kappa shape index (κ1) is 12.6. The van der Waals surface area contributed by atoms with Gasteiger partial charge in [0.15, 0.2) is 0 Å². The van der Waals surface area contributed by atoms with Gasteiger partial charge in [0.25, 0.3) is 0 Å². The molecule has 0 unspecified atom stereocenters. The molecule has 3 N–H and O–H groups in total. The molecule has 0 heterocycles. The summed E-state index contributed by atoms with van der Waals surface area (Å²) < 4.78 is 13.0. The van der Waals surface area contributed by atoms with Gasteiger partial charge in [-0.25, -0.2) is 4.39 Å². The second-order valence-corrected chi connectivity index (χ2v) is 4.14. The molecule has 0 aliphatic heterocycles. The van der Waals surface area contributed by atoms with Crippen LogP contribution < -0.4 is 11.1 Å². The summed E-state index contributed by atoms with van der Waals surface area (Å²) in [5, 5.41) is 2.65. The molecule has 1 aromatic rings. The third-order valence-electron chi connectivity index (χ3n) is 2.03. The number of anilines is 1. The summed E-state index contributed by atoms with van der Waals surface area (Å²) in [4.78, 5) is 11.5. The highest BCUT2D eigenvalue weighted by atomic mass is 32.1. The van der Waals surface area contributed by atoms with Crippen LogP contribution in [0.2, 0.25) is 0 Å². The van der Waals surface area contributed by atoms with Gasteiger partial charge in [0.2, 0.25) is 5.91 Å². The van der Waals surface area contributed by atoms with Crippen LogP contribution in [-0.2, 0) is 4.79 Å². The van der Waals surface area contributed by atoms with Crippen molar-refractivity contribution in [1.29, 1.82) is 0 Å². The largest absolute Gasteiger partial charge is 0.389 e. The molecule has 1 aromatic carbocycles. The van der Waals surface area contributed by atoms with Crippen LogP contribution in [0.15, 0.2) is 18.2 Å². The van der Waals surface area contributed by atoms with E-state index >= 15 is 0 Å². The van der Waals surface area contributed by atoms with E-state index in [0.29, 0.717) is 11.3 Å². The number of hydrogen-bond acceptors (Lipinski definition) is 2. The van der Waals surface area contributed by atoms with E-state index in [9.17, 15) is 9.18 Å². The number of benzene rings is 1. The van der Waals surface area contributed by atoms with Crippen LogP contribution in [0, 0.1) is 11.7 Å². The zero-order chi connectivity index (χ0) is 12.3. The third kappa shape index (κ3) is 3.00. The summed E-state index contributed by atoms with van der Waals surface area (Å²) in [5.74, 6) is -0.765. The molecule has 0 atom stereocenters. The van der Waals surface area contributed by atoms with Gasteiger partial charge in [-0.2, -0.15) is 0 Å². The molecule has 0 fully saturated rings. The predicted octanol–water partition coefficient (Wildman–Crippen LogP) is 2.05. The van der Waals surface area contributed by atoms with Crippen molar-refractivity contribution in [2.75, 3.05) is 5.32 Å². The molecule has 0 aliphatic carbocycles. The Hall–Kier alpha value is -1.49. The number of amides is 1. The maximum atomic E-state index is 13.0. The van der Waals surface area contributed by atoms with Crippen LogP contribution in [0.25, 0.3) is 0 Å². The Balaban J connectivity index is 3.04. The SMILES string of the molecule is CC(C)C(=O)Nc1ccc(F)cc1C(N)=S. The fraction of sp³-hybridized carbons (Fsp3) is 0.273. The monoisotopic (exact) mass is 240 g/mol. The van der Waals surface area contributed by atoms with Gasteiger partial charge in [0.05, 0.1) is 5.69 Å². The second-order valence-electron chi connectivity index (χ2n) is 3.70. The van der Waals surface area contributed by atoms with Crippen LogP contribution in [-0.4, -0.2) is 10.9 Å². The van der Waals surface area contributed by atoms with Crippen molar-refractivity contribution < 1.29 is 9.18 Å². The highest BCUT2D eigenvalue weighted by Crippen LogP contribution is 2.17. The van der Waals surface area contributed by atoms with E-state index in [1.165, 1.54) is 18.2 Å². The number of carbonyl (C=O) groups is 1. The Bertz CT molecular complexity index is 432. The number of rotatable bonds is 3. The predicted molar refractivity (Wildman–Crippen MR) is 65.8 cm³/mol. The Morgan fingerprint density at radius 3 is 2.62 bits per heavy atom. The number of thiocarbonyl (C=S) groups is 1. The molecule has 0 saturated carbocycles. The van der Waals surface area contributed by atoms with Crippen molar-refractivity contribution in [1.82, 2.24) is 0 Å². The lowest BCUT2D eigenvalue weighted by Crippen LogP contribution is -2.21. The molecule has 16 heavy (non-hydrogen) atoms. The van der Waals surface area contributed by atoms with E-state index in [4.69, 9.17) is 18.0 Å². The highest BCUT2D eigenvalue weighted by Gasteiger charge is 2.12. The van der Waals surface area contributed by atoms with E-state index in [2.05, 4.69) is 5.32 Å². The molecule has 86 valence electrons. The van der Waals surface area contributed by atoms with E-state index in [1.807, 2.05) is 0 Å². The van der Waals surface area contributed by atoms with E-state index in [1.54, 1.807) is 13.8 Å². The van der Waals surface area contributed by atoms with Crippen LogP contribution >= 0.6 is 12.2 Å². The first-order valence-electron chi connectivity index (χ1n) is 4.82. The van der Waals surface area contributed by atoms with Gasteiger partial charge in [0, 0.05) is 11.5 Å². The van der Waals surface area contributed by atoms with E-state index in [0.717, 1.165) is 0 Å². The quantitative estimate of drug-likeness (QED) is 0.795. The van der Waals surface area contributed by atoms with E-state index in [-0.39, 0.29) is 16.8 Å². The van der Waals surface area contributed by atoms with Gasteiger partial charge in [-0.15, -0.1) is 0 Å². The average molecular weight is 240 g/mol. The smallest absolute Gasteiger partial charge is 0.226 e. The summed E-state index contributed by atoms with van der Waals surface area (Å²) in [6.07, 6.45) is 0. The lowest BCUT2D eigenvalue weighted by Gasteiger charge is -2.11. The Kier molecular flexibility index (Phi) is 3.95. The highest BCUT2D eigenvalue weighted by molar-refractivity contribution is 7.80. The van der Waals surface area contributed by atoms with Crippen molar-refractivity contribution in [3.63, 3.8) is 0 Å². The molecular formula is C11H13FN2OS. The molecule has 0 aliphatic rings. The van der Waals surface area contributed by atoms with Crippen LogP contribution in [0.5, 0.6) is 0 Å². The summed E-state index contributed by atoms with van der Waals surface area (Å²) in [6.45, 7) is 3.53. The minimum Gasteiger partial charge on any atom is -0.389 e. The zero-order valence-corrected chi connectivity index (χ0v) is 9.90. The molecule has 0 bridgehead atoms. The minimum atomic E-state index is -0.439. The number of nitrogens with one attached hydrogen (secondary N) is 1. The molecule has 1 amide bonds. The van der Waals surface area contributed by atoms with Gasteiger partial charge < -0.3 is 11.1 Å². The summed E-state index contributed by atoms with van der Waals surface area (Å²) in [6, 6.07) is 3.90. The van der Waals surface area contributed by atoms with Crippen molar-refractivity contribution >= 4 is 28.8 Å². The van der Waals surface area contributed by atoms with Crippen LogP contribution in [0.1, 0.15) is 19.4 Å². The molecule has 3 nitrogen and oxygen atoms in total. The van der Waals surface area contributed by atoms with Gasteiger partial charge in [-0.1, -0.05) is 26.1 Å². The molecule has 0 aromatic heterocycles. The van der Waals surface area contributed by atoms with Gasteiger partial charge in [0.1, 0.15) is 10.8 Å².